The minimum absolute atomic E-state index is 0.217. The molecule has 3 N–H and O–H groups in total. The highest BCUT2D eigenvalue weighted by atomic mass is 79.9. The van der Waals surface area contributed by atoms with Gasteiger partial charge in [0.2, 0.25) is 10.0 Å². The number of rotatable bonds is 4. The van der Waals surface area contributed by atoms with E-state index in [1.54, 1.807) is 6.07 Å². The third-order valence-corrected chi connectivity index (χ3v) is 4.68. The summed E-state index contributed by atoms with van der Waals surface area (Å²) in [5, 5.41) is 0. The number of hydrogen-bond acceptors (Lipinski definition) is 3. The molecule has 2 rings (SSSR count). The first-order valence-electron chi connectivity index (χ1n) is 5.04. The fourth-order valence-electron chi connectivity index (χ4n) is 1.32. The molecule has 0 saturated heterocycles. The lowest BCUT2D eigenvalue weighted by Crippen LogP contribution is -2.25. The van der Waals surface area contributed by atoms with E-state index in [1.165, 1.54) is 12.1 Å². The van der Waals surface area contributed by atoms with Crippen molar-refractivity contribution < 1.29 is 8.42 Å². The Balaban J connectivity index is 2.17. The number of halogens is 1. The van der Waals surface area contributed by atoms with E-state index in [0.29, 0.717) is 22.6 Å². The van der Waals surface area contributed by atoms with Crippen LogP contribution in [0.2, 0.25) is 0 Å². The molecule has 6 heteroatoms. The van der Waals surface area contributed by atoms with E-state index >= 15 is 0 Å². The van der Waals surface area contributed by atoms with Gasteiger partial charge in [0.15, 0.2) is 0 Å². The molecule has 0 bridgehead atoms. The van der Waals surface area contributed by atoms with E-state index in [9.17, 15) is 8.42 Å². The zero-order valence-electron chi connectivity index (χ0n) is 8.61. The van der Waals surface area contributed by atoms with Crippen LogP contribution in [0.1, 0.15) is 12.8 Å². The largest absolute Gasteiger partial charge is 0.398 e. The molecular weight excluding hydrogens is 292 g/mol. The van der Waals surface area contributed by atoms with Gasteiger partial charge in [-0.15, -0.1) is 0 Å². The maximum Gasteiger partial charge on any atom is 0.240 e. The van der Waals surface area contributed by atoms with E-state index in [-0.39, 0.29) is 4.90 Å². The molecule has 88 valence electrons. The third-order valence-electron chi connectivity index (χ3n) is 2.54. The molecule has 1 aromatic carbocycles. The van der Waals surface area contributed by atoms with Gasteiger partial charge in [-0.3, -0.25) is 0 Å². The highest BCUT2D eigenvalue weighted by molar-refractivity contribution is 9.10. The fourth-order valence-corrected chi connectivity index (χ4v) is 2.72. The minimum Gasteiger partial charge on any atom is -0.398 e. The predicted molar refractivity (Wildman–Crippen MR) is 66.5 cm³/mol. The second-order valence-electron chi connectivity index (χ2n) is 3.98. The number of nitrogens with two attached hydrogens (primary N) is 1. The first-order chi connectivity index (χ1) is 7.49. The van der Waals surface area contributed by atoms with Gasteiger partial charge in [0.1, 0.15) is 0 Å². The zero-order chi connectivity index (χ0) is 11.8. The Morgan fingerprint density at radius 2 is 2.12 bits per heavy atom. The first-order valence-corrected chi connectivity index (χ1v) is 7.31. The Labute approximate surface area is 103 Å². The normalized spacial score (nSPS) is 16.3. The van der Waals surface area contributed by atoms with Crippen molar-refractivity contribution in [1.29, 1.82) is 0 Å². The van der Waals surface area contributed by atoms with Crippen molar-refractivity contribution >= 4 is 31.6 Å². The SMILES string of the molecule is Nc1cc(S(=O)(=O)NCC2CC2)ccc1Br. The van der Waals surface area contributed by atoms with Gasteiger partial charge in [0.25, 0.3) is 0 Å². The van der Waals surface area contributed by atoms with Crippen molar-refractivity contribution in [3.05, 3.63) is 22.7 Å². The number of sulfonamides is 1. The second kappa shape index (κ2) is 4.35. The lowest BCUT2D eigenvalue weighted by molar-refractivity contribution is 0.577. The maximum atomic E-state index is 11.8. The molecule has 1 saturated carbocycles. The van der Waals surface area contributed by atoms with E-state index < -0.39 is 10.0 Å². The van der Waals surface area contributed by atoms with Crippen LogP contribution in [-0.4, -0.2) is 15.0 Å². The summed E-state index contributed by atoms with van der Waals surface area (Å²) in [5.74, 6) is 0.516. The lowest BCUT2D eigenvalue weighted by Gasteiger charge is -2.07. The van der Waals surface area contributed by atoms with E-state index in [0.717, 1.165) is 12.8 Å². The fraction of sp³-hybridized carbons (Fsp3) is 0.400. The molecule has 1 aliphatic rings. The Bertz CT molecular complexity index is 498. The lowest BCUT2D eigenvalue weighted by atomic mass is 10.3. The molecule has 0 unspecified atom stereocenters. The van der Waals surface area contributed by atoms with Crippen molar-refractivity contribution in [2.24, 2.45) is 5.92 Å². The Kier molecular flexibility index (Phi) is 3.23. The molecule has 16 heavy (non-hydrogen) atoms. The summed E-state index contributed by atoms with van der Waals surface area (Å²) in [6, 6.07) is 4.63. The highest BCUT2D eigenvalue weighted by Gasteiger charge is 2.24. The van der Waals surface area contributed by atoms with Gasteiger partial charge >= 0.3 is 0 Å². The molecule has 0 aromatic heterocycles. The van der Waals surface area contributed by atoms with E-state index in [4.69, 9.17) is 5.73 Å². The standard InChI is InChI=1S/C10H13BrN2O2S/c11-9-4-3-8(5-10(9)12)16(14,15)13-6-7-1-2-7/h3-5,7,13H,1-2,6,12H2. The van der Waals surface area contributed by atoms with Crippen LogP contribution < -0.4 is 10.5 Å². The number of nitrogens with one attached hydrogen (secondary N) is 1. The molecule has 4 nitrogen and oxygen atoms in total. The monoisotopic (exact) mass is 304 g/mol. The molecule has 1 aromatic rings. The van der Waals surface area contributed by atoms with Crippen molar-refractivity contribution in [2.75, 3.05) is 12.3 Å². The Hall–Kier alpha value is -0.590. The van der Waals surface area contributed by atoms with Gasteiger partial charge in [-0.05, 0) is 52.9 Å². The quantitative estimate of drug-likeness (QED) is 0.832. The predicted octanol–water partition coefficient (Wildman–Crippen LogP) is 1.72. The Morgan fingerprint density at radius 3 is 2.69 bits per heavy atom. The van der Waals surface area contributed by atoms with Crippen LogP contribution in [0.3, 0.4) is 0 Å². The van der Waals surface area contributed by atoms with Gasteiger partial charge in [-0.2, -0.15) is 0 Å². The summed E-state index contributed by atoms with van der Waals surface area (Å²) in [7, 11) is -3.41. The van der Waals surface area contributed by atoms with Crippen molar-refractivity contribution in [3.63, 3.8) is 0 Å². The van der Waals surface area contributed by atoms with Gasteiger partial charge in [-0.25, -0.2) is 13.1 Å². The molecule has 0 amide bonds. The zero-order valence-corrected chi connectivity index (χ0v) is 11.0. The van der Waals surface area contributed by atoms with Crippen LogP contribution in [0.5, 0.6) is 0 Å². The summed E-state index contributed by atoms with van der Waals surface area (Å²) in [5.41, 5.74) is 6.07. The molecule has 1 fully saturated rings. The minimum atomic E-state index is -3.41. The van der Waals surface area contributed by atoms with Gasteiger partial charge in [0, 0.05) is 16.7 Å². The van der Waals surface area contributed by atoms with Crippen LogP contribution >= 0.6 is 15.9 Å². The van der Waals surface area contributed by atoms with Crippen molar-refractivity contribution in [3.8, 4) is 0 Å². The summed E-state index contributed by atoms with van der Waals surface area (Å²) < 4.78 is 27.0. The summed E-state index contributed by atoms with van der Waals surface area (Å²) in [6.45, 7) is 0.526. The summed E-state index contributed by atoms with van der Waals surface area (Å²) in [6.07, 6.45) is 2.23. The molecule has 0 atom stereocenters. The Morgan fingerprint density at radius 1 is 1.44 bits per heavy atom. The van der Waals surface area contributed by atoms with Crippen LogP contribution in [0.25, 0.3) is 0 Å². The van der Waals surface area contributed by atoms with Gasteiger partial charge in [0.05, 0.1) is 4.90 Å². The second-order valence-corrected chi connectivity index (χ2v) is 6.60. The van der Waals surface area contributed by atoms with Crippen LogP contribution in [0.15, 0.2) is 27.6 Å². The molecule has 1 aliphatic carbocycles. The van der Waals surface area contributed by atoms with Gasteiger partial charge in [-0.1, -0.05) is 0 Å². The van der Waals surface area contributed by atoms with E-state index in [1.807, 2.05) is 0 Å². The topological polar surface area (TPSA) is 72.2 Å². The average Bonchev–Trinajstić information content (AvgIpc) is 3.03. The number of anilines is 1. The van der Waals surface area contributed by atoms with Crippen LogP contribution in [0, 0.1) is 5.92 Å². The molecule has 0 spiro atoms. The molecule has 0 radical (unpaired) electrons. The van der Waals surface area contributed by atoms with Crippen LogP contribution in [0.4, 0.5) is 5.69 Å². The molecule has 0 aliphatic heterocycles. The smallest absolute Gasteiger partial charge is 0.240 e. The van der Waals surface area contributed by atoms with Crippen molar-refractivity contribution in [1.82, 2.24) is 4.72 Å². The third kappa shape index (κ3) is 2.75. The first kappa shape index (κ1) is 11.9. The number of hydrogen-bond donors (Lipinski definition) is 2. The number of nitrogen functional groups attached to an aromatic ring is 1. The molecule has 0 heterocycles. The maximum absolute atomic E-state index is 11.8. The average molecular weight is 305 g/mol. The summed E-state index contributed by atoms with van der Waals surface area (Å²) in [4.78, 5) is 0.217. The van der Waals surface area contributed by atoms with Crippen LogP contribution in [-0.2, 0) is 10.0 Å². The highest BCUT2D eigenvalue weighted by Crippen LogP contribution is 2.28. The van der Waals surface area contributed by atoms with Gasteiger partial charge < -0.3 is 5.73 Å². The summed E-state index contributed by atoms with van der Waals surface area (Å²) >= 11 is 3.23. The molecular formula is C10H13BrN2O2S. The van der Waals surface area contributed by atoms with E-state index in [2.05, 4.69) is 20.7 Å². The number of benzene rings is 1. The van der Waals surface area contributed by atoms with Crippen molar-refractivity contribution in [2.45, 2.75) is 17.7 Å².